The van der Waals surface area contributed by atoms with E-state index in [1.807, 2.05) is 24.3 Å². The third-order valence-corrected chi connectivity index (χ3v) is 8.32. The van der Waals surface area contributed by atoms with Gasteiger partial charge in [0.15, 0.2) is 0 Å². The highest BCUT2D eigenvalue weighted by molar-refractivity contribution is 6.00. The molecular weight excluding hydrogens is 598 g/mol. The van der Waals surface area contributed by atoms with Crippen molar-refractivity contribution in [1.29, 1.82) is 0 Å². The van der Waals surface area contributed by atoms with Gasteiger partial charge in [0, 0.05) is 45.0 Å². The minimum atomic E-state index is -0.687. The van der Waals surface area contributed by atoms with Crippen molar-refractivity contribution < 1.29 is 24.3 Å². The first kappa shape index (κ1) is 31.9. The molecule has 0 spiro atoms. The Hall–Kier alpha value is -5.47. The Kier molecular flexibility index (Phi) is 9.21. The Morgan fingerprint density at radius 1 is 0.761 bits per heavy atom. The Balaban J connectivity index is 0.000000182. The maximum atomic E-state index is 12.6. The number of carbonyl (C=O) groups is 4. The summed E-state index contributed by atoms with van der Waals surface area (Å²) >= 11 is 0. The molecule has 0 bridgehead atoms. The standard InChI is InChI=1S/C15H16N6O3.C15H17N3O4/c1-20-12-8-9(6-7-17-19-16)2-3-10(12)21(15(20)24)11-4-5-13(22)18-14(11)23;1-17-12-8-9(6-7-19)2-3-10(12)18(15(17)22)11-4-5-13(20)16-14(11)21/h2-3,8,11H,4-7H2,1H3,(H,18,22,23);2-3,8,11,19H,4-7H2,1H3,(H,16,20,21). The number of hydrogen-bond acceptors (Lipinski definition) is 8. The van der Waals surface area contributed by atoms with Crippen LogP contribution in [0.15, 0.2) is 51.1 Å². The first-order valence-electron chi connectivity index (χ1n) is 14.7. The van der Waals surface area contributed by atoms with Crippen molar-refractivity contribution in [2.45, 2.75) is 50.6 Å². The molecule has 0 saturated carbocycles. The topological polar surface area (TPSA) is 215 Å². The summed E-state index contributed by atoms with van der Waals surface area (Å²) in [6.07, 6.45) is 2.14. The van der Waals surface area contributed by atoms with Crippen LogP contribution < -0.4 is 22.0 Å². The van der Waals surface area contributed by atoms with Crippen LogP contribution in [0.4, 0.5) is 0 Å². The first-order valence-corrected chi connectivity index (χ1v) is 14.7. The molecule has 0 aliphatic carbocycles. The summed E-state index contributed by atoms with van der Waals surface area (Å²) in [7, 11) is 3.29. The van der Waals surface area contributed by atoms with Crippen LogP contribution in [0.2, 0.25) is 0 Å². The van der Waals surface area contributed by atoms with E-state index in [4.69, 9.17) is 10.6 Å². The lowest BCUT2D eigenvalue weighted by molar-refractivity contribution is -0.137. The van der Waals surface area contributed by atoms with Crippen molar-refractivity contribution in [3.05, 3.63) is 78.9 Å². The molecular formula is C30H33N9O7. The molecule has 2 fully saturated rings. The molecule has 0 radical (unpaired) electrons. The van der Waals surface area contributed by atoms with Gasteiger partial charge in [0.1, 0.15) is 12.1 Å². The molecule has 2 unspecified atom stereocenters. The van der Waals surface area contributed by atoms with Gasteiger partial charge >= 0.3 is 11.4 Å². The van der Waals surface area contributed by atoms with Crippen LogP contribution in [0, 0.1) is 0 Å². The number of aromatic nitrogens is 4. The summed E-state index contributed by atoms with van der Waals surface area (Å²) in [4.78, 5) is 74.5. The molecule has 2 saturated heterocycles. The fourth-order valence-electron chi connectivity index (χ4n) is 5.94. The average molecular weight is 632 g/mol. The molecule has 3 N–H and O–H groups in total. The number of carbonyl (C=O) groups excluding carboxylic acids is 4. The van der Waals surface area contributed by atoms with Crippen molar-refractivity contribution in [3.63, 3.8) is 0 Å². The van der Waals surface area contributed by atoms with Gasteiger partial charge in [-0.15, -0.1) is 0 Å². The number of benzene rings is 2. The number of hydrogen-bond donors (Lipinski definition) is 3. The molecule has 2 atom stereocenters. The van der Waals surface area contributed by atoms with Gasteiger partial charge in [-0.3, -0.25) is 48.1 Å². The van der Waals surface area contributed by atoms with E-state index in [0.29, 0.717) is 54.3 Å². The van der Waals surface area contributed by atoms with Gasteiger partial charge < -0.3 is 5.11 Å². The molecule has 4 aromatic rings. The molecule has 4 amide bonds. The lowest BCUT2D eigenvalue weighted by Gasteiger charge is -2.21. The minimum Gasteiger partial charge on any atom is -0.396 e. The summed E-state index contributed by atoms with van der Waals surface area (Å²) in [5.74, 6) is -1.51. The summed E-state index contributed by atoms with van der Waals surface area (Å²) in [5.41, 5.74) is 12.3. The van der Waals surface area contributed by atoms with Gasteiger partial charge in [-0.25, -0.2) is 9.59 Å². The molecule has 6 rings (SSSR count). The predicted octanol–water partition coefficient (Wildman–Crippen LogP) is 1.02. The number of azide groups is 1. The van der Waals surface area contributed by atoms with Crippen LogP contribution in [0.25, 0.3) is 32.5 Å². The Morgan fingerprint density at radius 2 is 1.22 bits per heavy atom. The molecule has 240 valence electrons. The minimum absolute atomic E-state index is 0.0350. The molecule has 4 heterocycles. The van der Waals surface area contributed by atoms with E-state index < -0.39 is 23.9 Å². The summed E-state index contributed by atoms with van der Waals surface area (Å²) < 4.78 is 5.85. The van der Waals surface area contributed by atoms with Gasteiger partial charge in [0.2, 0.25) is 23.6 Å². The van der Waals surface area contributed by atoms with Gasteiger partial charge in [-0.2, -0.15) is 0 Å². The van der Waals surface area contributed by atoms with Crippen molar-refractivity contribution in [2.24, 2.45) is 19.2 Å². The average Bonchev–Trinajstić information content (AvgIpc) is 3.42. The third kappa shape index (κ3) is 6.07. The van der Waals surface area contributed by atoms with Crippen LogP contribution in [0.3, 0.4) is 0 Å². The molecule has 2 aromatic carbocycles. The van der Waals surface area contributed by atoms with Crippen molar-refractivity contribution in [1.82, 2.24) is 28.9 Å². The van der Waals surface area contributed by atoms with E-state index >= 15 is 0 Å². The number of imidazole rings is 2. The van der Waals surface area contributed by atoms with Gasteiger partial charge in [0.05, 0.1) is 22.1 Å². The first-order chi connectivity index (χ1) is 22.0. The zero-order valence-electron chi connectivity index (χ0n) is 25.3. The fraction of sp³-hybridized carbons (Fsp3) is 0.400. The SMILES string of the molecule is Cn1c(=O)n(C2CCC(=O)NC2=O)c2ccc(CCN=[N+]=[N-])cc21.Cn1c(=O)n(C2CCC(=O)NC2=O)c2ccc(CCO)cc21. The summed E-state index contributed by atoms with van der Waals surface area (Å²) in [6, 6.07) is 9.58. The van der Waals surface area contributed by atoms with Gasteiger partial charge in [-0.1, -0.05) is 17.2 Å². The Morgan fingerprint density at radius 3 is 1.63 bits per heavy atom. The number of rotatable bonds is 7. The number of piperidine rings is 2. The lowest BCUT2D eigenvalue weighted by Crippen LogP contribution is -2.44. The highest BCUT2D eigenvalue weighted by atomic mass is 16.3. The van der Waals surface area contributed by atoms with Crippen molar-refractivity contribution >= 4 is 45.7 Å². The monoisotopic (exact) mass is 631 g/mol. The summed E-state index contributed by atoms with van der Waals surface area (Å²) in [5, 5.41) is 17.1. The van der Waals surface area contributed by atoms with Crippen LogP contribution in [0.1, 0.15) is 48.9 Å². The third-order valence-electron chi connectivity index (χ3n) is 8.32. The number of nitrogens with zero attached hydrogens (tertiary/aromatic N) is 7. The number of nitrogens with one attached hydrogen (secondary N) is 2. The fourth-order valence-corrected chi connectivity index (χ4v) is 5.94. The van der Waals surface area contributed by atoms with E-state index in [9.17, 15) is 28.8 Å². The highest BCUT2D eigenvalue weighted by Gasteiger charge is 2.32. The van der Waals surface area contributed by atoms with E-state index in [2.05, 4.69) is 20.7 Å². The number of aliphatic hydroxyl groups is 1. The van der Waals surface area contributed by atoms with Crippen LogP contribution in [-0.2, 0) is 46.1 Å². The van der Waals surface area contributed by atoms with Crippen LogP contribution in [-0.4, -0.2) is 60.2 Å². The van der Waals surface area contributed by atoms with Gasteiger partial charge in [-0.05, 0) is 66.6 Å². The number of imide groups is 2. The maximum absolute atomic E-state index is 12.6. The molecule has 2 aliphatic rings. The van der Waals surface area contributed by atoms with E-state index in [1.54, 1.807) is 26.2 Å². The number of amides is 4. The molecule has 2 aliphatic heterocycles. The zero-order chi connectivity index (χ0) is 33.1. The Bertz CT molecular complexity index is 2040. The second-order valence-corrected chi connectivity index (χ2v) is 11.2. The maximum Gasteiger partial charge on any atom is 0.329 e. The largest absolute Gasteiger partial charge is 0.396 e. The quantitative estimate of drug-likeness (QED) is 0.116. The summed E-state index contributed by atoms with van der Waals surface area (Å²) in [6.45, 7) is 0.372. The smallest absolute Gasteiger partial charge is 0.329 e. The van der Waals surface area contributed by atoms with Gasteiger partial charge in [0.25, 0.3) is 0 Å². The van der Waals surface area contributed by atoms with E-state index in [-0.39, 0.29) is 42.6 Å². The molecule has 2 aromatic heterocycles. The normalized spacial score (nSPS) is 18.2. The van der Waals surface area contributed by atoms with E-state index in [1.165, 1.54) is 18.3 Å². The Labute approximate surface area is 260 Å². The molecule has 16 nitrogen and oxygen atoms in total. The van der Waals surface area contributed by atoms with Crippen molar-refractivity contribution in [2.75, 3.05) is 13.2 Å². The second-order valence-electron chi connectivity index (χ2n) is 11.2. The van der Waals surface area contributed by atoms with Crippen LogP contribution in [0.5, 0.6) is 0 Å². The lowest BCUT2D eigenvalue weighted by atomic mass is 10.1. The number of aliphatic hydroxyl groups excluding tert-OH is 1. The van der Waals surface area contributed by atoms with E-state index in [0.717, 1.165) is 11.1 Å². The predicted molar refractivity (Wildman–Crippen MR) is 166 cm³/mol. The highest BCUT2D eigenvalue weighted by Crippen LogP contribution is 2.25. The van der Waals surface area contributed by atoms with Crippen LogP contribution >= 0.6 is 0 Å². The molecule has 46 heavy (non-hydrogen) atoms. The number of fused-ring (bicyclic) bond motifs is 2. The zero-order valence-corrected chi connectivity index (χ0v) is 25.3. The van der Waals surface area contributed by atoms with Crippen molar-refractivity contribution in [3.8, 4) is 0 Å². The second kappa shape index (κ2) is 13.3. The molecule has 16 heteroatoms. The number of aryl methyl sites for hydroxylation is 2.